The molecule has 0 aliphatic heterocycles. The lowest BCUT2D eigenvalue weighted by atomic mass is 10.3. The van der Waals surface area contributed by atoms with Crippen molar-refractivity contribution < 1.29 is 14.3 Å². The van der Waals surface area contributed by atoms with Crippen LogP contribution in [0, 0.1) is 0 Å². The van der Waals surface area contributed by atoms with Gasteiger partial charge in [-0.05, 0) is 26.0 Å². The van der Waals surface area contributed by atoms with E-state index in [1.54, 1.807) is 11.5 Å². The zero-order valence-electron chi connectivity index (χ0n) is 11.8. The van der Waals surface area contributed by atoms with E-state index in [0.717, 1.165) is 11.0 Å². The number of carbonyl (C=O) groups is 1. The number of benzene rings is 1. The molecule has 0 aliphatic rings. The Balaban J connectivity index is 2.27. The molecule has 0 unspecified atom stereocenters. The normalized spacial score (nSPS) is 10.7. The summed E-state index contributed by atoms with van der Waals surface area (Å²) in [6.45, 7) is 5.09. The number of aromatic nitrogens is 2. The Labute approximate surface area is 117 Å². The maximum atomic E-state index is 11.4. The van der Waals surface area contributed by atoms with Crippen molar-refractivity contribution in [2.45, 2.75) is 26.8 Å². The molecule has 0 fully saturated rings. The van der Waals surface area contributed by atoms with Gasteiger partial charge >= 0.3 is 5.97 Å². The zero-order valence-corrected chi connectivity index (χ0v) is 11.8. The fraction of sp³-hybridized carbons (Fsp3) is 0.429. The van der Waals surface area contributed by atoms with Gasteiger partial charge in [0, 0.05) is 6.54 Å². The predicted molar refractivity (Wildman–Crippen MR) is 76.6 cm³/mol. The molecule has 2 rings (SSSR count). The van der Waals surface area contributed by atoms with E-state index in [0.29, 0.717) is 31.5 Å². The molecule has 20 heavy (non-hydrogen) atoms. The Hall–Kier alpha value is -2.24. The summed E-state index contributed by atoms with van der Waals surface area (Å²) in [5.74, 6) is 0.831. The number of fused-ring (bicyclic) bond motifs is 1. The molecule has 1 heterocycles. The van der Waals surface area contributed by atoms with Gasteiger partial charge in [0.15, 0.2) is 0 Å². The summed E-state index contributed by atoms with van der Waals surface area (Å²) >= 11 is 0. The molecule has 108 valence electrons. The summed E-state index contributed by atoms with van der Waals surface area (Å²) in [5, 5.41) is 0. The lowest BCUT2D eigenvalue weighted by Gasteiger charge is -2.07. The van der Waals surface area contributed by atoms with Gasteiger partial charge in [0.05, 0.1) is 25.2 Å². The number of para-hydroxylation sites is 1. The molecule has 2 aromatic rings. The Morgan fingerprint density at radius 2 is 2.15 bits per heavy atom. The van der Waals surface area contributed by atoms with Gasteiger partial charge in [-0.3, -0.25) is 4.79 Å². The number of imidazole rings is 1. The fourth-order valence-corrected chi connectivity index (χ4v) is 2.08. The summed E-state index contributed by atoms with van der Waals surface area (Å²) in [5.41, 5.74) is 7.50. The molecule has 1 aromatic heterocycles. The highest BCUT2D eigenvalue weighted by Crippen LogP contribution is 2.27. The number of aryl methyl sites for hydroxylation is 1. The van der Waals surface area contributed by atoms with Gasteiger partial charge in [-0.1, -0.05) is 6.07 Å². The first-order valence-corrected chi connectivity index (χ1v) is 6.70. The molecule has 0 radical (unpaired) electrons. The van der Waals surface area contributed by atoms with E-state index >= 15 is 0 Å². The smallest absolute Gasteiger partial charge is 0.307 e. The monoisotopic (exact) mass is 277 g/mol. The van der Waals surface area contributed by atoms with Gasteiger partial charge in [0.2, 0.25) is 5.95 Å². The Morgan fingerprint density at radius 1 is 1.35 bits per heavy atom. The van der Waals surface area contributed by atoms with Crippen molar-refractivity contribution in [2.75, 3.05) is 18.9 Å². The second-order valence-electron chi connectivity index (χ2n) is 4.23. The van der Waals surface area contributed by atoms with Gasteiger partial charge in [-0.25, -0.2) is 4.98 Å². The average molecular weight is 277 g/mol. The highest BCUT2D eigenvalue weighted by molar-refractivity contribution is 5.84. The van der Waals surface area contributed by atoms with E-state index in [1.807, 2.05) is 25.1 Å². The topological polar surface area (TPSA) is 79.4 Å². The minimum atomic E-state index is -0.241. The first-order chi connectivity index (χ1) is 9.67. The second kappa shape index (κ2) is 6.27. The zero-order chi connectivity index (χ0) is 14.5. The quantitative estimate of drug-likeness (QED) is 0.817. The van der Waals surface area contributed by atoms with Gasteiger partial charge in [-0.2, -0.15) is 0 Å². The second-order valence-corrected chi connectivity index (χ2v) is 4.23. The largest absolute Gasteiger partial charge is 0.492 e. The third kappa shape index (κ3) is 2.84. The first kappa shape index (κ1) is 14.2. The van der Waals surface area contributed by atoms with Crippen LogP contribution in [0.3, 0.4) is 0 Å². The molecule has 0 saturated carbocycles. The molecule has 0 atom stereocenters. The van der Waals surface area contributed by atoms with Crippen molar-refractivity contribution in [1.29, 1.82) is 0 Å². The van der Waals surface area contributed by atoms with Crippen molar-refractivity contribution in [1.82, 2.24) is 9.55 Å². The van der Waals surface area contributed by atoms with Crippen LogP contribution in [0.5, 0.6) is 5.75 Å². The fourth-order valence-electron chi connectivity index (χ4n) is 2.08. The molecule has 0 spiro atoms. The molecule has 2 N–H and O–H groups in total. The number of hydrogen-bond acceptors (Lipinski definition) is 5. The maximum Gasteiger partial charge on any atom is 0.307 e. The lowest BCUT2D eigenvalue weighted by Crippen LogP contribution is -2.10. The van der Waals surface area contributed by atoms with Crippen LogP contribution < -0.4 is 10.5 Å². The summed E-state index contributed by atoms with van der Waals surface area (Å²) in [4.78, 5) is 15.8. The van der Waals surface area contributed by atoms with Gasteiger partial charge < -0.3 is 19.8 Å². The molecular formula is C14H19N3O3. The third-order valence-electron chi connectivity index (χ3n) is 2.92. The van der Waals surface area contributed by atoms with Crippen LogP contribution in [-0.2, 0) is 16.1 Å². The Bertz CT molecular complexity index is 607. The number of nitrogens with two attached hydrogens (primary N) is 1. The van der Waals surface area contributed by atoms with Crippen LogP contribution in [0.25, 0.3) is 11.0 Å². The Morgan fingerprint density at radius 3 is 2.85 bits per heavy atom. The molecule has 1 aromatic carbocycles. The van der Waals surface area contributed by atoms with Crippen LogP contribution in [0.1, 0.15) is 20.3 Å². The standard InChI is InChI=1S/C14H19N3O3/c1-3-19-11-7-5-6-10-13(11)16-14(15)17(10)9-8-12(18)20-4-2/h5-7H,3-4,8-9H2,1-2H3,(H2,15,16). The van der Waals surface area contributed by atoms with Crippen LogP contribution >= 0.6 is 0 Å². The highest BCUT2D eigenvalue weighted by atomic mass is 16.5. The predicted octanol–water partition coefficient (Wildman–Crippen LogP) is 1.97. The van der Waals surface area contributed by atoms with Crippen LogP contribution in [-0.4, -0.2) is 28.7 Å². The van der Waals surface area contributed by atoms with Crippen molar-refractivity contribution in [3.05, 3.63) is 18.2 Å². The average Bonchev–Trinajstić information content (AvgIpc) is 2.74. The Kier molecular flexibility index (Phi) is 4.45. The van der Waals surface area contributed by atoms with E-state index in [9.17, 15) is 4.79 Å². The van der Waals surface area contributed by atoms with Crippen molar-refractivity contribution in [3.63, 3.8) is 0 Å². The van der Waals surface area contributed by atoms with E-state index < -0.39 is 0 Å². The molecule has 6 nitrogen and oxygen atoms in total. The van der Waals surface area contributed by atoms with Crippen LogP contribution in [0.4, 0.5) is 5.95 Å². The minimum absolute atomic E-state index is 0.241. The van der Waals surface area contributed by atoms with E-state index in [1.165, 1.54) is 0 Å². The summed E-state index contributed by atoms with van der Waals surface area (Å²) in [6, 6.07) is 5.65. The van der Waals surface area contributed by atoms with E-state index in [2.05, 4.69) is 4.98 Å². The number of rotatable bonds is 6. The number of anilines is 1. The van der Waals surface area contributed by atoms with Crippen molar-refractivity contribution in [2.24, 2.45) is 0 Å². The SMILES string of the molecule is CCOC(=O)CCn1c(N)nc2c(OCC)cccc21. The molecule has 0 saturated heterocycles. The van der Waals surface area contributed by atoms with Crippen LogP contribution in [0.15, 0.2) is 18.2 Å². The molecule has 6 heteroatoms. The van der Waals surface area contributed by atoms with Gasteiger partial charge in [0.1, 0.15) is 11.3 Å². The van der Waals surface area contributed by atoms with Crippen molar-refractivity contribution in [3.8, 4) is 5.75 Å². The minimum Gasteiger partial charge on any atom is -0.492 e. The number of esters is 1. The third-order valence-corrected chi connectivity index (χ3v) is 2.92. The van der Waals surface area contributed by atoms with E-state index in [-0.39, 0.29) is 12.4 Å². The summed E-state index contributed by atoms with van der Waals surface area (Å²) in [7, 11) is 0. The van der Waals surface area contributed by atoms with Crippen LogP contribution in [0.2, 0.25) is 0 Å². The number of nitrogen functional groups attached to an aromatic ring is 1. The summed E-state index contributed by atoms with van der Waals surface area (Å²) in [6.07, 6.45) is 0.266. The maximum absolute atomic E-state index is 11.4. The van der Waals surface area contributed by atoms with Gasteiger partial charge in [0.25, 0.3) is 0 Å². The van der Waals surface area contributed by atoms with Crippen molar-refractivity contribution >= 4 is 23.0 Å². The highest BCUT2D eigenvalue weighted by Gasteiger charge is 2.13. The lowest BCUT2D eigenvalue weighted by molar-refractivity contribution is -0.143. The number of nitrogens with zero attached hydrogens (tertiary/aromatic N) is 2. The first-order valence-electron chi connectivity index (χ1n) is 6.70. The van der Waals surface area contributed by atoms with Gasteiger partial charge in [-0.15, -0.1) is 0 Å². The molecule has 0 bridgehead atoms. The number of carbonyl (C=O) groups excluding carboxylic acids is 1. The molecular weight excluding hydrogens is 258 g/mol. The molecule has 0 aliphatic carbocycles. The molecule has 0 amide bonds. The number of ether oxygens (including phenoxy) is 2. The number of hydrogen-bond donors (Lipinski definition) is 1. The van der Waals surface area contributed by atoms with E-state index in [4.69, 9.17) is 15.2 Å². The summed E-state index contributed by atoms with van der Waals surface area (Å²) < 4.78 is 12.2.